The molecule has 0 radical (unpaired) electrons. The van der Waals surface area contributed by atoms with Crippen molar-refractivity contribution >= 4 is 5.97 Å². The molecule has 2 rings (SSSR count). The molecule has 0 spiro atoms. The van der Waals surface area contributed by atoms with Gasteiger partial charge in [-0.3, -0.25) is 4.79 Å². The lowest BCUT2D eigenvalue weighted by Crippen LogP contribution is -2.28. The monoisotopic (exact) mass is 219 g/mol. The first-order chi connectivity index (χ1) is 7.66. The van der Waals surface area contributed by atoms with Crippen molar-refractivity contribution in [3.63, 3.8) is 0 Å². The van der Waals surface area contributed by atoms with E-state index in [1.807, 2.05) is 38.1 Å². The summed E-state index contributed by atoms with van der Waals surface area (Å²) in [4.78, 5) is 11.8. The van der Waals surface area contributed by atoms with Crippen LogP contribution in [0.25, 0.3) is 0 Å². The number of benzene rings is 1. The summed E-state index contributed by atoms with van der Waals surface area (Å²) in [6.45, 7) is 4.26. The van der Waals surface area contributed by atoms with Crippen molar-refractivity contribution in [3.05, 3.63) is 35.4 Å². The fraction of sp³-hybridized carbons (Fsp3) is 0.462. The fourth-order valence-corrected chi connectivity index (χ4v) is 2.52. The molecule has 1 unspecified atom stereocenters. The molecule has 1 aromatic rings. The lowest BCUT2D eigenvalue weighted by atomic mass is 9.93. The van der Waals surface area contributed by atoms with Crippen LogP contribution < -0.4 is 5.73 Å². The number of ether oxygens (including phenoxy) is 1. The van der Waals surface area contributed by atoms with Crippen LogP contribution in [0.3, 0.4) is 0 Å². The van der Waals surface area contributed by atoms with Gasteiger partial charge < -0.3 is 10.5 Å². The molecular weight excluding hydrogens is 202 g/mol. The number of nitrogens with two attached hydrogens (primary N) is 1. The number of rotatable bonds is 2. The van der Waals surface area contributed by atoms with Gasteiger partial charge in [-0.15, -0.1) is 0 Å². The Labute approximate surface area is 95.6 Å². The van der Waals surface area contributed by atoms with Crippen molar-refractivity contribution in [1.82, 2.24) is 0 Å². The van der Waals surface area contributed by atoms with Crippen molar-refractivity contribution in [2.75, 3.05) is 6.61 Å². The highest BCUT2D eigenvalue weighted by Gasteiger charge is 2.41. The zero-order valence-corrected chi connectivity index (χ0v) is 9.64. The van der Waals surface area contributed by atoms with Crippen LogP contribution >= 0.6 is 0 Å². The molecule has 3 heteroatoms. The number of hydrogen-bond donors (Lipinski definition) is 1. The van der Waals surface area contributed by atoms with E-state index in [0.717, 1.165) is 5.56 Å². The van der Waals surface area contributed by atoms with Crippen LogP contribution in [0.2, 0.25) is 0 Å². The molecule has 2 N–H and O–H groups in total. The van der Waals surface area contributed by atoms with E-state index in [1.165, 1.54) is 5.56 Å². The van der Waals surface area contributed by atoms with Gasteiger partial charge in [-0.25, -0.2) is 0 Å². The van der Waals surface area contributed by atoms with Gasteiger partial charge >= 0.3 is 5.97 Å². The largest absolute Gasteiger partial charge is 0.466 e. The molecule has 3 atom stereocenters. The van der Waals surface area contributed by atoms with E-state index in [2.05, 4.69) is 0 Å². The predicted octanol–water partition coefficient (Wildman–Crippen LogP) is 1.98. The average molecular weight is 219 g/mol. The number of hydrogen-bond acceptors (Lipinski definition) is 3. The minimum atomic E-state index is -0.239. The van der Waals surface area contributed by atoms with Crippen molar-refractivity contribution in [2.24, 2.45) is 11.7 Å². The van der Waals surface area contributed by atoms with Gasteiger partial charge in [-0.2, -0.15) is 0 Å². The normalized spacial score (nSPS) is 27.6. The standard InChI is InChI=1S/C13H17NO2/c1-3-16-13(15)11-8(2)9-6-4-5-7-10(9)12(11)14/h4-8,11-12H,3,14H2,1-2H3/t8?,11-,12+/m1/s1. The lowest BCUT2D eigenvalue weighted by molar-refractivity contribution is -0.149. The molecule has 0 saturated carbocycles. The summed E-state index contributed by atoms with van der Waals surface area (Å²) in [5.41, 5.74) is 8.36. The molecule has 1 aliphatic carbocycles. The van der Waals surface area contributed by atoms with Crippen LogP contribution in [0, 0.1) is 5.92 Å². The highest BCUT2D eigenvalue weighted by Crippen LogP contribution is 2.43. The highest BCUT2D eigenvalue weighted by molar-refractivity contribution is 5.76. The molecule has 0 saturated heterocycles. The zero-order chi connectivity index (χ0) is 11.7. The van der Waals surface area contributed by atoms with Gasteiger partial charge in [0.2, 0.25) is 0 Å². The van der Waals surface area contributed by atoms with Crippen LogP contribution in [-0.2, 0) is 9.53 Å². The SMILES string of the molecule is CCOC(=O)[C@@H]1C(C)c2ccccc2[C@@H]1N. The van der Waals surface area contributed by atoms with Crippen LogP contribution in [0.1, 0.15) is 36.9 Å². The minimum Gasteiger partial charge on any atom is -0.466 e. The number of fused-ring (bicyclic) bond motifs is 1. The third kappa shape index (κ3) is 1.61. The van der Waals surface area contributed by atoms with Crippen molar-refractivity contribution in [1.29, 1.82) is 0 Å². The number of carbonyl (C=O) groups is 1. The molecule has 16 heavy (non-hydrogen) atoms. The van der Waals surface area contributed by atoms with Crippen molar-refractivity contribution in [2.45, 2.75) is 25.8 Å². The average Bonchev–Trinajstić information content (AvgIpc) is 2.53. The number of carbonyl (C=O) groups excluding carboxylic acids is 1. The topological polar surface area (TPSA) is 52.3 Å². The van der Waals surface area contributed by atoms with Gasteiger partial charge in [0.15, 0.2) is 0 Å². The summed E-state index contributed by atoms with van der Waals surface area (Å²) in [7, 11) is 0. The predicted molar refractivity (Wildman–Crippen MR) is 61.9 cm³/mol. The maximum atomic E-state index is 11.8. The molecule has 0 aromatic heterocycles. The smallest absolute Gasteiger partial charge is 0.311 e. The van der Waals surface area contributed by atoms with E-state index in [-0.39, 0.29) is 23.8 Å². The number of esters is 1. The summed E-state index contributed by atoms with van der Waals surface area (Å²) in [6, 6.07) is 7.74. The van der Waals surface area contributed by atoms with Crippen molar-refractivity contribution in [3.8, 4) is 0 Å². The third-order valence-electron chi connectivity index (χ3n) is 3.33. The summed E-state index contributed by atoms with van der Waals surface area (Å²) >= 11 is 0. The highest BCUT2D eigenvalue weighted by atomic mass is 16.5. The first kappa shape index (κ1) is 11.1. The van der Waals surface area contributed by atoms with Crippen molar-refractivity contribution < 1.29 is 9.53 Å². The maximum absolute atomic E-state index is 11.8. The van der Waals surface area contributed by atoms with E-state index >= 15 is 0 Å². The third-order valence-corrected chi connectivity index (χ3v) is 3.33. The van der Waals surface area contributed by atoms with Crippen LogP contribution in [0.5, 0.6) is 0 Å². The lowest BCUT2D eigenvalue weighted by Gasteiger charge is -2.18. The Morgan fingerprint density at radius 2 is 2.00 bits per heavy atom. The van der Waals surface area contributed by atoms with E-state index in [9.17, 15) is 4.79 Å². The maximum Gasteiger partial charge on any atom is 0.311 e. The first-order valence-corrected chi connectivity index (χ1v) is 5.67. The van der Waals surface area contributed by atoms with E-state index in [0.29, 0.717) is 6.61 Å². The Bertz CT molecular complexity index is 374. The van der Waals surface area contributed by atoms with Gasteiger partial charge in [0.25, 0.3) is 0 Å². The van der Waals surface area contributed by atoms with Gasteiger partial charge in [0.1, 0.15) is 0 Å². The Morgan fingerprint density at radius 1 is 1.38 bits per heavy atom. The molecule has 1 aliphatic rings. The second kappa shape index (κ2) is 4.26. The van der Waals surface area contributed by atoms with E-state index in [4.69, 9.17) is 10.5 Å². The summed E-state index contributed by atoms with van der Waals surface area (Å²) in [5, 5.41) is 0. The van der Waals surface area contributed by atoms with Gasteiger partial charge in [0.05, 0.1) is 12.5 Å². The van der Waals surface area contributed by atoms with Gasteiger partial charge in [0, 0.05) is 6.04 Å². The van der Waals surface area contributed by atoms with Crippen LogP contribution in [0.4, 0.5) is 0 Å². The minimum absolute atomic E-state index is 0.144. The Kier molecular flexibility index (Phi) is 2.97. The molecule has 0 fully saturated rings. The molecular formula is C13H17NO2. The van der Waals surface area contributed by atoms with Crippen LogP contribution in [0.15, 0.2) is 24.3 Å². The Balaban J connectivity index is 2.31. The molecule has 0 heterocycles. The fourth-order valence-electron chi connectivity index (χ4n) is 2.52. The van der Waals surface area contributed by atoms with Crippen LogP contribution in [-0.4, -0.2) is 12.6 Å². The quantitative estimate of drug-likeness (QED) is 0.774. The molecule has 1 aromatic carbocycles. The van der Waals surface area contributed by atoms with E-state index in [1.54, 1.807) is 0 Å². The molecule has 3 nitrogen and oxygen atoms in total. The summed E-state index contributed by atoms with van der Waals surface area (Å²) < 4.78 is 5.08. The van der Waals surface area contributed by atoms with E-state index < -0.39 is 0 Å². The van der Waals surface area contributed by atoms with Gasteiger partial charge in [-0.05, 0) is 24.0 Å². The van der Waals surface area contributed by atoms with Gasteiger partial charge in [-0.1, -0.05) is 31.2 Å². The zero-order valence-electron chi connectivity index (χ0n) is 9.64. The molecule has 0 aliphatic heterocycles. The summed E-state index contributed by atoms with van der Waals surface area (Å²) in [5.74, 6) is -0.277. The first-order valence-electron chi connectivity index (χ1n) is 5.67. The summed E-state index contributed by atoms with van der Waals surface area (Å²) in [6.07, 6.45) is 0. The Hall–Kier alpha value is -1.35. The molecule has 0 bridgehead atoms. The second-order valence-electron chi connectivity index (χ2n) is 4.22. The second-order valence-corrected chi connectivity index (χ2v) is 4.22. The molecule has 86 valence electrons. The Morgan fingerprint density at radius 3 is 2.56 bits per heavy atom. The molecule has 0 amide bonds.